The second-order valence-corrected chi connectivity index (χ2v) is 4.69. The van der Waals surface area contributed by atoms with Gasteiger partial charge in [0.25, 0.3) is 0 Å². The smallest absolute Gasteiger partial charge is 0.160 e. The Morgan fingerprint density at radius 1 is 1.31 bits per heavy atom. The molecule has 0 aliphatic rings. The van der Waals surface area contributed by atoms with E-state index < -0.39 is 0 Å². The highest BCUT2D eigenvalue weighted by Gasteiger charge is 2.06. The molecule has 0 aliphatic carbocycles. The van der Waals surface area contributed by atoms with Crippen molar-refractivity contribution in [2.24, 2.45) is 0 Å². The number of nitrogens with one attached hydrogen (secondary N) is 1. The van der Waals surface area contributed by atoms with E-state index in [1.165, 1.54) is 4.88 Å². The average Bonchev–Trinajstić information content (AvgIpc) is 2.79. The van der Waals surface area contributed by atoms with Crippen LogP contribution >= 0.6 is 22.9 Å². The normalized spacial score (nSPS) is 10.1. The molecular weight excluding hydrogens is 242 g/mol. The highest BCUT2D eigenvalue weighted by Crippen LogP contribution is 2.32. The monoisotopic (exact) mass is 253 g/mol. The van der Waals surface area contributed by atoms with Crippen LogP contribution in [-0.2, 0) is 6.54 Å². The van der Waals surface area contributed by atoms with Crippen LogP contribution in [0.1, 0.15) is 4.88 Å². The van der Waals surface area contributed by atoms with Gasteiger partial charge in [-0.2, -0.15) is 0 Å². The fraction of sp³-hybridized carbons (Fsp3) is 0.167. The summed E-state index contributed by atoms with van der Waals surface area (Å²) >= 11 is 7.75. The Bertz CT molecular complexity index is 456. The van der Waals surface area contributed by atoms with Gasteiger partial charge in [-0.1, -0.05) is 23.7 Å². The first-order valence-electron chi connectivity index (χ1n) is 4.90. The molecule has 0 radical (unpaired) electrons. The predicted molar refractivity (Wildman–Crippen MR) is 69.6 cm³/mol. The molecule has 84 valence electrons. The Balaban J connectivity index is 2.12. The summed E-state index contributed by atoms with van der Waals surface area (Å²) in [6, 6.07) is 9.81. The highest BCUT2D eigenvalue weighted by molar-refractivity contribution is 7.09. The standard InChI is InChI=1S/C12H12ClNOS/c1-15-12-10(13)5-2-6-11(12)14-8-9-4-3-7-16-9/h2-7,14H,8H2,1H3. The zero-order chi connectivity index (χ0) is 11.4. The number of methoxy groups -OCH3 is 1. The third kappa shape index (κ3) is 2.49. The van der Waals surface area contributed by atoms with Crippen LogP contribution in [0.25, 0.3) is 0 Å². The number of ether oxygens (including phenoxy) is 1. The molecule has 0 amide bonds. The van der Waals surface area contributed by atoms with Gasteiger partial charge in [0.05, 0.1) is 17.8 Å². The molecule has 2 aromatic rings. The number of benzene rings is 1. The van der Waals surface area contributed by atoms with E-state index in [2.05, 4.69) is 16.8 Å². The molecule has 2 nitrogen and oxygen atoms in total. The Hall–Kier alpha value is -1.19. The van der Waals surface area contributed by atoms with E-state index in [9.17, 15) is 0 Å². The van der Waals surface area contributed by atoms with E-state index in [1.54, 1.807) is 18.4 Å². The van der Waals surface area contributed by atoms with Crippen molar-refractivity contribution >= 4 is 28.6 Å². The lowest BCUT2D eigenvalue weighted by molar-refractivity contribution is 0.416. The maximum Gasteiger partial charge on any atom is 0.160 e. The second-order valence-electron chi connectivity index (χ2n) is 3.25. The van der Waals surface area contributed by atoms with Gasteiger partial charge >= 0.3 is 0 Å². The first-order chi connectivity index (χ1) is 7.81. The molecule has 1 aromatic carbocycles. The number of halogens is 1. The molecule has 0 aliphatic heterocycles. The molecule has 4 heteroatoms. The van der Waals surface area contributed by atoms with Crippen LogP contribution in [0.4, 0.5) is 5.69 Å². The van der Waals surface area contributed by atoms with Crippen molar-refractivity contribution in [3.8, 4) is 5.75 Å². The lowest BCUT2D eigenvalue weighted by atomic mass is 10.3. The van der Waals surface area contributed by atoms with Crippen molar-refractivity contribution < 1.29 is 4.74 Å². The quantitative estimate of drug-likeness (QED) is 0.889. The Labute approximate surface area is 104 Å². The molecule has 0 fully saturated rings. The van der Waals surface area contributed by atoms with Gasteiger partial charge in [0.15, 0.2) is 5.75 Å². The predicted octanol–water partition coefficient (Wildman–Crippen LogP) is 4.02. The number of rotatable bonds is 4. The number of thiophene rings is 1. The summed E-state index contributed by atoms with van der Waals surface area (Å²) in [5, 5.41) is 5.99. The molecular formula is C12H12ClNOS. The van der Waals surface area contributed by atoms with Crippen LogP contribution in [0.5, 0.6) is 5.75 Å². The Morgan fingerprint density at radius 2 is 2.19 bits per heavy atom. The van der Waals surface area contributed by atoms with E-state index in [0.29, 0.717) is 10.8 Å². The van der Waals surface area contributed by atoms with Crippen molar-refractivity contribution in [1.82, 2.24) is 0 Å². The van der Waals surface area contributed by atoms with Crippen molar-refractivity contribution in [3.05, 3.63) is 45.6 Å². The topological polar surface area (TPSA) is 21.3 Å². The third-order valence-corrected chi connectivity index (χ3v) is 3.38. The Kier molecular flexibility index (Phi) is 3.70. The lowest BCUT2D eigenvalue weighted by Crippen LogP contribution is -2.00. The number of hydrogen-bond donors (Lipinski definition) is 1. The SMILES string of the molecule is COc1c(Cl)cccc1NCc1cccs1. The molecule has 1 aromatic heterocycles. The summed E-state index contributed by atoms with van der Waals surface area (Å²) in [6.45, 7) is 0.786. The molecule has 0 atom stereocenters. The van der Waals surface area contributed by atoms with Gasteiger partial charge in [0, 0.05) is 11.4 Å². The minimum atomic E-state index is 0.624. The Morgan fingerprint density at radius 3 is 2.88 bits per heavy atom. The highest BCUT2D eigenvalue weighted by atomic mass is 35.5. The molecule has 0 unspecified atom stereocenters. The van der Waals surface area contributed by atoms with Gasteiger partial charge in [0.1, 0.15) is 0 Å². The van der Waals surface area contributed by atoms with Gasteiger partial charge < -0.3 is 10.1 Å². The van der Waals surface area contributed by atoms with E-state index in [-0.39, 0.29) is 0 Å². The maximum atomic E-state index is 6.03. The number of anilines is 1. The lowest BCUT2D eigenvalue weighted by Gasteiger charge is -2.11. The first-order valence-corrected chi connectivity index (χ1v) is 6.16. The summed E-state index contributed by atoms with van der Waals surface area (Å²) < 4.78 is 5.25. The van der Waals surface area contributed by atoms with Gasteiger partial charge in [-0.15, -0.1) is 11.3 Å². The van der Waals surface area contributed by atoms with Crippen LogP contribution in [0.2, 0.25) is 5.02 Å². The van der Waals surface area contributed by atoms with Crippen LogP contribution in [-0.4, -0.2) is 7.11 Å². The summed E-state index contributed by atoms with van der Waals surface area (Å²) in [5.74, 6) is 0.695. The van der Waals surface area contributed by atoms with Gasteiger partial charge in [-0.25, -0.2) is 0 Å². The fourth-order valence-electron chi connectivity index (χ4n) is 1.45. The minimum Gasteiger partial charge on any atom is -0.493 e. The average molecular weight is 254 g/mol. The van der Waals surface area contributed by atoms with E-state index in [0.717, 1.165) is 12.2 Å². The molecule has 0 bridgehead atoms. The van der Waals surface area contributed by atoms with Crippen molar-refractivity contribution in [3.63, 3.8) is 0 Å². The maximum absolute atomic E-state index is 6.03. The molecule has 1 N–H and O–H groups in total. The number of para-hydroxylation sites is 1. The fourth-order valence-corrected chi connectivity index (χ4v) is 2.35. The zero-order valence-electron chi connectivity index (χ0n) is 8.87. The molecule has 2 rings (SSSR count). The van der Waals surface area contributed by atoms with Crippen LogP contribution in [0.15, 0.2) is 35.7 Å². The van der Waals surface area contributed by atoms with Gasteiger partial charge in [-0.3, -0.25) is 0 Å². The summed E-state index contributed by atoms with van der Waals surface area (Å²) in [5.41, 5.74) is 0.920. The third-order valence-electron chi connectivity index (χ3n) is 2.20. The molecule has 1 heterocycles. The van der Waals surface area contributed by atoms with Crippen LogP contribution < -0.4 is 10.1 Å². The van der Waals surface area contributed by atoms with Crippen molar-refractivity contribution in [2.75, 3.05) is 12.4 Å². The van der Waals surface area contributed by atoms with Gasteiger partial charge in [0.2, 0.25) is 0 Å². The molecule has 0 saturated carbocycles. The zero-order valence-corrected chi connectivity index (χ0v) is 10.4. The summed E-state index contributed by atoms with van der Waals surface area (Å²) in [6.07, 6.45) is 0. The van der Waals surface area contributed by atoms with Crippen molar-refractivity contribution in [1.29, 1.82) is 0 Å². The van der Waals surface area contributed by atoms with E-state index >= 15 is 0 Å². The van der Waals surface area contributed by atoms with Gasteiger partial charge in [-0.05, 0) is 23.6 Å². The molecule has 0 saturated heterocycles. The minimum absolute atomic E-state index is 0.624. The summed E-state index contributed by atoms with van der Waals surface area (Å²) in [7, 11) is 1.62. The van der Waals surface area contributed by atoms with Crippen molar-refractivity contribution in [2.45, 2.75) is 6.54 Å². The van der Waals surface area contributed by atoms with E-state index in [4.69, 9.17) is 16.3 Å². The first kappa shape index (κ1) is 11.3. The van der Waals surface area contributed by atoms with E-state index in [1.807, 2.05) is 24.3 Å². The summed E-state index contributed by atoms with van der Waals surface area (Å²) in [4.78, 5) is 1.28. The van der Waals surface area contributed by atoms with Crippen LogP contribution in [0, 0.1) is 0 Å². The number of hydrogen-bond acceptors (Lipinski definition) is 3. The molecule has 16 heavy (non-hydrogen) atoms. The molecule has 0 spiro atoms. The largest absolute Gasteiger partial charge is 0.493 e. The second kappa shape index (κ2) is 5.23. The van der Waals surface area contributed by atoms with Crippen LogP contribution in [0.3, 0.4) is 0 Å².